The van der Waals surface area contributed by atoms with Gasteiger partial charge < -0.3 is 9.09 Å². The fraction of sp³-hybridized carbons (Fsp3) is 0.353. The predicted octanol–water partition coefficient (Wildman–Crippen LogP) is 4.09. The molecule has 24 heavy (non-hydrogen) atoms. The normalized spacial score (nSPS) is 14.3. The standard InChI is InChI=1S/C17H17FN4OS/c1-10-14(21-23-15(10)11-5-7-13(18)8-6-11)9-24-17-20-19-16(22(17)2)12-3-4-12/h5-8,12H,3-4,9H2,1-2H3. The van der Waals surface area contributed by atoms with Crippen LogP contribution in [0.3, 0.4) is 0 Å². The molecule has 0 bridgehead atoms. The van der Waals surface area contributed by atoms with Crippen LogP contribution in [0.25, 0.3) is 11.3 Å². The van der Waals surface area contributed by atoms with Crippen molar-refractivity contribution in [3.63, 3.8) is 0 Å². The minimum atomic E-state index is -0.263. The highest BCUT2D eigenvalue weighted by molar-refractivity contribution is 7.98. The average molecular weight is 344 g/mol. The molecule has 3 aromatic rings. The monoisotopic (exact) mass is 344 g/mol. The Labute approximate surface area is 143 Å². The average Bonchev–Trinajstić information content (AvgIpc) is 3.26. The van der Waals surface area contributed by atoms with E-state index in [4.69, 9.17) is 4.52 Å². The van der Waals surface area contributed by atoms with Crippen LogP contribution in [0, 0.1) is 12.7 Å². The summed E-state index contributed by atoms with van der Waals surface area (Å²) in [6.07, 6.45) is 2.42. The second-order valence-corrected chi connectivity index (χ2v) is 7.00. The van der Waals surface area contributed by atoms with Crippen LogP contribution in [0.2, 0.25) is 0 Å². The SMILES string of the molecule is Cc1c(CSc2nnc(C3CC3)n2C)noc1-c1ccc(F)cc1. The van der Waals surface area contributed by atoms with Gasteiger partial charge in [0.2, 0.25) is 0 Å². The molecule has 0 amide bonds. The van der Waals surface area contributed by atoms with E-state index < -0.39 is 0 Å². The summed E-state index contributed by atoms with van der Waals surface area (Å²) in [5.74, 6) is 2.73. The first-order valence-electron chi connectivity index (χ1n) is 7.86. The van der Waals surface area contributed by atoms with E-state index in [9.17, 15) is 4.39 Å². The zero-order chi connectivity index (χ0) is 16.7. The molecule has 1 aliphatic carbocycles. The zero-order valence-electron chi connectivity index (χ0n) is 13.5. The third kappa shape index (κ3) is 2.84. The van der Waals surface area contributed by atoms with Gasteiger partial charge in [-0.2, -0.15) is 0 Å². The van der Waals surface area contributed by atoms with E-state index in [-0.39, 0.29) is 5.82 Å². The zero-order valence-corrected chi connectivity index (χ0v) is 14.3. The van der Waals surface area contributed by atoms with Crippen molar-refractivity contribution in [2.24, 2.45) is 7.05 Å². The highest BCUT2D eigenvalue weighted by Gasteiger charge is 2.29. The minimum absolute atomic E-state index is 0.263. The van der Waals surface area contributed by atoms with Gasteiger partial charge in [0.05, 0.1) is 5.69 Å². The van der Waals surface area contributed by atoms with Crippen LogP contribution in [-0.2, 0) is 12.8 Å². The first-order valence-corrected chi connectivity index (χ1v) is 8.85. The number of rotatable bonds is 5. The number of thioether (sulfide) groups is 1. The van der Waals surface area contributed by atoms with Crippen LogP contribution in [0.1, 0.15) is 35.8 Å². The fourth-order valence-electron chi connectivity index (χ4n) is 2.66. The van der Waals surface area contributed by atoms with Crippen molar-refractivity contribution in [1.29, 1.82) is 0 Å². The number of benzene rings is 1. The summed E-state index contributed by atoms with van der Waals surface area (Å²) in [5, 5.41) is 13.6. The maximum Gasteiger partial charge on any atom is 0.191 e. The van der Waals surface area contributed by atoms with Gasteiger partial charge in [-0.05, 0) is 44.0 Å². The van der Waals surface area contributed by atoms with Crippen molar-refractivity contribution in [2.75, 3.05) is 0 Å². The first kappa shape index (κ1) is 15.4. The molecular weight excluding hydrogens is 327 g/mol. The van der Waals surface area contributed by atoms with Gasteiger partial charge >= 0.3 is 0 Å². The van der Waals surface area contributed by atoms with E-state index in [1.54, 1.807) is 23.9 Å². The molecule has 7 heteroatoms. The summed E-state index contributed by atoms with van der Waals surface area (Å²) in [6.45, 7) is 1.97. The van der Waals surface area contributed by atoms with Gasteiger partial charge in [-0.1, -0.05) is 16.9 Å². The minimum Gasteiger partial charge on any atom is -0.356 e. The molecule has 0 unspecified atom stereocenters. The van der Waals surface area contributed by atoms with Crippen LogP contribution < -0.4 is 0 Å². The topological polar surface area (TPSA) is 56.7 Å². The van der Waals surface area contributed by atoms with Gasteiger partial charge in [-0.15, -0.1) is 10.2 Å². The lowest BCUT2D eigenvalue weighted by Gasteiger charge is -2.02. The summed E-state index contributed by atoms with van der Waals surface area (Å²) in [7, 11) is 2.01. The highest BCUT2D eigenvalue weighted by atomic mass is 32.2. The summed E-state index contributed by atoms with van der Waals surface area (Å²) in [4.78, 5) is 0. The Balaban J connectivity index is 1.50. The molecule has 0 radical (unpaired) electrons. The van der Waals surface area contributed by atoms with Crippen molar-refractivity contribution in [3.8, 4) is 11.3 Å². The van der Waals surface area contributed by atoms with Crippen molar-refractivity contribution in [1.82, 2.24) is 19.9 Å². The van der Waals surface area contributed by atoms with Gasteiger partial charge in [-0.25, -0.2) is 4.39 Å². The third-order valence-electron chi connectivity index (χ3n) is 4.28. The second-order valence-electron chi connectivity index (χ2n) is 6.05. The molecule has 0 saturated heterocycles. The fourth-order valence-corrected chi connectivity index (χ4v) is 3.58. The predicted molar refractivity (Wildman–Crippen MR) is 89.2 cm³/mol. The molecule has 1 aliphatic rings. The van der Waals surface area contributed by atoms with Crippen molar-refractivity contribution in [3.05, 3.63) is 47.2 Å². The Hall–Kier alpha value is -2.15. The van der Waals surface area contributed by atoms with E-state index in [2.05, 4.69) is 19.9 Å². The van der Waals surface area contributed by atoms with Gasteiger partial charge in [0, 0.05) is 29.8 Å². The van der Waals surface area contributed by atoms with Crippen molar-refractivity contribution < 1.29 is 8.91 Å². The molecule has 5 nitrogen and oxygen atoms in total. The Morgan fingerprint density at radius 3 is 2.71 bits per heavy atom. The Bertz CT molecular complexity index is 867. The summed E-state index contributed by atoms with van der Waals surface area (Å²) >= 11 is 1.60. The van der Waals surface area contributed by atoms with Crippen molar-refractivity contribution >= 4 is 11.8 Å². The van der Waals surface area contributed by atoms with Crippen LogP contribution in [0.4, 0.5) is 4.39 Å². The molecular formula is C17H17FN4OS. The smallest absolute Gasteiger partial charge is 0.191 e. The molecule has 2 aromatic heterocycles. The number of aromatic nitrogens is 4. The summed E-state index contributed by atoms with van der Waals surface area (Å²) < 4.78 is 20.6. The van der Waals surface area contributed by atoms with Crippen LogP contribution in [-0.4, -0.2) is 19.9 Å². The van der Waals surface area contributed by atoms with Gasteiger partial charge in [0.15, 0.2) is 10.9 Å². The summed E-state index contributed by atoms with van der Waals surface area (Å²) in [6, 6.07) is 6.24. The number of hydrogen-bond acceptors (Lipinski definition) is 5. The van der Waals surface area contributed by atoms with E-state index in [1.165, 1.54) is 25.0 Å². The quantitative estimate of drug-likeness (QED) is 0.653. The van der Waals surface area contributed by atoms with Gasteiger partial charge in [-0.3, -0.25) is 0 Å². The molecule has 4 rings (SSSR count). The molecule has 1 saturated carbocycles. The molecule has 1 fully saturated rings. The van der Waals surface area contributed by atoms with Crippen LogP contribution >= 0.6 is 11.8 Å². The molecule has 0 atom stereocenters. The van der Waals surface area contributed by atoms with Gasteiger partial charge in [0.25, 0.3) is 0 Å². The first-order chi connectivity index (χ1) is 11.6. The van der Waals surface area contributed by atoms with E-state index in [0.717, 1.165) is 27.8 Å². The number of nitrogens with zero attached hydrogens (tertiary/aromatic N) is 4. The summed E-state index contributed by atoms with van der Waals surface area (Å²) in [5.41, 5.74) is 2.67. The largest absolute Gasteiger partial charge is 0.356 e. The molecule has 2 heterocycles. The third-order valence-corrected chi connectivity index (χ3v) is 5.31. The maximum absolute atomic E-state index is 13.1. The van der Waals surface area contributed by atoms with Crippen molar-refractivity contribution in [2.45, 2.75) is 36.6 Å². The lowest BCUT2D eigenvalue weighted by molar-refractivity contribution is 0.426. The van der Waals surface area contributed by atoms with E-state index in [1.807, 2.05) is 14.0 Å². The lowest BCUT2D eigenvalue weighted by Crippen LogP contribution is -1.97. The Kier molecular flexibility index (Phi) is 3.88. The molecule has 0 spiro atoms. The number of hydrogen-bond donors (Lipinski definition) is 0. The highest BCUT2D eigenvalue weighted by Crippen LogP contribution is 2.39. The van der Waals surface area contributed by atoms with Gasteiger partial charge in [0.1, 0.15) is 11.6 Å². The molecule has 1 aromatic carbocycles. The second kappa shape index (κ2) is 6.05. The van der Waals surface area contributed by atoms with Crippen LogP contribution in [0.15, 0.2) is 33.9 Å². The number of halogens is 1. The van der Waals surface area contributed by atoms with E-state index >= 15 is 0 Å². The molecule has 0 N–H and O–H groups in total. The van der Waals surface area contributed by atoms with E-state index in [0.29, 0.717) is 17.4 Å². The maximum atomic E-state index is 13.1. The lowest BCUT2D eigenvalue weighted by atomic mass is 10.1. The van der Waals surface area contributed by atoms with Crippen LogP contribution in [0.5, 0.6) is 0 Å². The Morgan fingerprint density at radius 2 is 2.00 bits per heavy atom. The Morgan fingerprint density at radius 1 is 1.25 bits per heavy atom. The molecule has 0 aliphatic heterocycles. The molecule has 124 valence electrons.